The van der Waals surface area contributed by atoms with E-state index >= 15 is 0 Å². The van der Waals surface area contributed by atoms with Crippen LogP contribution in [0.1, 0.15) is 16.7 Å². The minimum absolute atomic E-state index is 0.0785. The van der Waals surface area contributed by atoms with Gasteiger partial charge in [0.25, 0.3) is 0 Å². The standard InChI is InChI=1S/C17H17NO/c1-13-4-2-5-14(10-13)11-18-9-8-15-6-3-7-16(12-19)17(15)18/h2-10,19H,11-12H2,1H3. The van der Waals surface area contributed by atoms with Crippen LogP contribution in [0.15, 0.2) is 54.7 Å². The molecule has 0 saturated heterocycles. The first-order valence-electron chi connectivity index (χ1n) is 6.51. The van der Waals surface area contributed by atoms with Crippen LogP contribution in [0.5, 0.6) is 0 Å². The highest BCUT2D eigenvalue weighted by Crippen LogP contribution is 2.21. The second-order valence-electron chi connectivity index (χ2n) is 4.95. The van der Waals surface area contributed by atoms with Crippen molar-refractivity contribution in [1.29, 1.82) is 0 Å². The molecule has 2 heteroatoms. The van der Waals surface area contributed by atoms with Gasteiger partial charge < -0.3 is 9.67 Å². The number of nitrogens with zero attached hydrogens (tertiary/aromatic N) is 1. The lowest BCUT2D eigenvalue weighted by molar-refractivity contribution is 0.283. The first-order chi connectivity index (χ1) is 9.28. The normalized spacial score (nSPS) is 11.1. The van der Waals surface area contributed by atoms with Crippen LogP contribution >= 0.6 is 0 Å². The molecule has 1 N–H and O–H groups in total. The summed E-state index contributed by atoms with van der Waals surface area (Å²) in [6.45, 7) is 3.02. The van der Waals surface area contributed by atoms with Crippen molar-refractivity contribution in [3.63, 3.8) is 0 Å². The Kier molecular flexibility index (Phi) is 3.10. The van der Waals surface area contributed by atoms with Gasteiger partial charge in [-0.2, -0.15) is 0 Å². The molecule has 0 saturated carbocycles. The summed E-state index contributed by atoms with van der Waals surface area (Å²) in [5, 5.41) is 10.7. The summed E-state index contributed by atoms with van der Waals surface area (Å²) >= 11 is 0. The van der Waals surface area contributed by atoms with E-state index in [9.17, 15) is 5.11 Å². The number of fused-ring (bicyclic) bond motifs is 1. The Hall–Kier alpha value is -2.06. The van der Waals surface area contributed by atoms with Crippen molar-refractivity contribution < 1.29 is 5.11 Å². The first kappa shape index (κ1) is 12.0. The van der Waals surface area contributed by atoms with Crippen LogP contribution in [-0.2, 0) is 13.2 Å². The van der Waals surface area contributed by atoms with E-state index in [2.05, 4.69) is 54.1 Å². The lowest BCUT2D eigenvalue weighted by Crippen LogP contribution is -2.00. The van der Waals surface area contributed by atoms with Crippen molar-refractivity contribution >= 4 is 10.9 Å². The molecule has 0 aliphatic carbocycles. The van der Waals surface area contributed by atoms with Crippen molar-refractivity contribution in [1.82, 2.24) is 4.57 Å². The second-order valence-corrected chi connectivity index (χ2v) is 4.95. The quantitative estimate of drug-likeness (QED) is 0.757. The molecule has 1 heterocycles. The van der Waals surface area contributed by atoms with E-state index in [0.29, 0.717) is 0 Å². The summed E-state index contributed by atoms with van der Waals surface area (Å²) in [4.78, 5) is 0. The van der Waals surface area contributed by atoms with Gasteiger partial charge in [-0.1, -0.05) is 48.0 Å². The molecular formula is C17H17NO. The van der Waals surface area contributed by atoms with E-state index < -0.39 is 0 Å². The first-order valence-corrected chi connectivity index (χ1v) is 6.51. The van der Waals surface area contributed by atoms with Crippen LogP contribution in [0, 0.1) is 6.92 Å². The number of para-hydroxylation sites is 1. The van der Waals surface area contributed by atoms with Crippen LogP contribution in [0.4, 0.5) is 0 Å². The van der Waals surface area contributed by atoms with Gasteiger partial charge in [-0.3, -0.25) is 0 Å². The molecule has 96 valence electrons. The Morgan fingerprint density at radius 1 is 1.05 bits per heavy atom. The van der Waals surface area contributed by atoms with Crippen molar-refractivity contribution in [3.8, 4) is 0 Å². The highest BCUT2D eigenvalue weighted by atomic mass is 16.3. The summed E-state index contributed by atoms with van der Waals surface area (Å²) in [7, 11) is 0. The maximum Gasteiger partial charge on any atom is 0.0702 e. The average molecular weight is 251 g/mol. The van der Waals surface area contributed by atoms with Crippen molar-refractivity contribution in [2.24, 2.45) is 0 Å². The molecule has 0 bridgehead atoms. The number of benzene rings is 2. The Morgan fingerprint density at radius 3 is 2.68 bits per heavy atom. The van der Waals surface area contributed by atoms with Crippen molar-refractivity contribution in [3.05, 3.63) is 71.4 Å². The van der Waals surface area contributed by atoms with E-state index in [1.807, 2.05) is 12.1 Å². The number of hydrogen-bond acceptors (Lipinski definition) is 1. The van der Waals surface area contributed by atoms with Crippen LogP contribution in [0.25, 0.3) is 10.9 Å². The molecule has 3 rings (SSSR count). The topological polar surface area (TPSA) is 25.2 Å². The van der Waals surface area contributed by atoms with E-state index in [4.69, 9.17) is 0 Å². The van der Waals surface area contributed by atoms with E-state index in [0.717, 1.165) is 17.6 Å². The number of hydrogen-bond donors (Lipinski definition) is 1. The SMILES string of the molecule is Cc1cccc(Cn2ccc3cccc(CO)c32)c1. The number of aliphatic hydroxyl groups excluding tert-OH is 1. The molecule has 2 aromatic carbocycles. The van der Waals surface area contributed by atoms with Gasteiger partial charge in [0.2, 0.25) is 0 Å². The highest BCUT2D eigenvalue weighted by Gasteiger charge is 2.06. The van der Waals surface area contributed by atoms with E-state index in [-0.39, 0.29) is 6.61 Å². The van der Waals surface area contributed by atoms with Gasteiger partial charge in [0, 0.05) is 18.3 Å². The third-order valence-corrected chi connectivity index (χ3v) is 3.48. The smallest absolute Gasteiger partial charge is 0.0702 e. The van der Waals surface area contributed by atoms with Crippen LogP contribution in [-0.4, -0.2) is 9.67 Å². The third-order valence-electron chi connectivity index (χ3n) is 3.48. The summed E-state index contributed by atoms with van der Waals surface area (Å²) in [5.74, 6) is 0. The summed E-state index contributed by atoms with van der Waals surface area (Å²) in [5.41, 5.74) is 4.67. The van der Waals surface area contributed by atoms with E-state index in [1.54, 1.807) is 0 Å². The maximum absolute atomic E-state index is 9.48. The van der Waals surface area contributed by atoms with Gasteiger partial charge in [0.1, 0.15) is 0 Å². The molecule has 0 unspecified atom stereocenters. The zero-order valence-electron chi connectivity index (χ0n) is 11.0. The van der Waals surface area contributed by atoms with Crippen LogP contribution < -0.4 is 0 Å². The third kappa shape index (κ3) is 2.27. The number of aryl methyl sites for hydroxylation is 1. The van der Waals surface area contributed by atoms with Crippen LogP contribution in [0.3, 0.4) is 0 Å². The monoisotopic (exact) mass is 251 g/mol. The zero-order chi connectivity index (χ0) is 13.2. The minimum atomic E-state index is 0.0785. The van der Waals surface area contributed by atoms with Gasteiger partial charge >= 0.3 is 0 Å². The zero-order valence-corrected chi connectivity index (χ0v) is 11.0. The molecule has 0 atom stereocenters. The predicted octanol–water partition coefficient (Wildman–Crippen LogP) is 3.49. The number of aliphatic hydroxyl groups is 1. The minimum Gasteiger partial charge on any atom is -0.392 e. The number of rotatable bonds is 3. The molecule has 19 heavy (non-hydrogen) atoms. The van der Waals surface area contributed by atoms with Gasteiger partial charge in [0.05, 0.1) is 12.1 Å². The Balaban J connectivity index is 2.06. The molecule has 0 amide bonds. The Bertz CT molecular complexity index is 712. The molecule has 0 spiro atoms. The molecule has 0 aliphatic rings. The largest absolute Gasteiger partial charge is 0.392 e. The molecule has 0 aliphatic heterocycles. The molecular weight excluding hydrogens is 234 g/mol. The molecule has 1 aromatic heterocycles. The van der Waals surface area contributed by atoms with Gasteiger partial charge in [-0.25, -0.2) is 0 Å². The Labute approximate surface area is 112 Å². The fourth-order valence-corrected chi connectivity index (χ4v) is 2.61. The summed E-state index contributed by atoms with van der Waals surface area (Å²) < 4.78 is 2.20. The Morgan fingerprint density at radius 2 is 1.89 bits per heavy atom. The molecule has 0 radical (unpaired) electrons. The van der Waals surface area contributed by atoms with Crippen molar-refractivity contribution in [2.75, 3.05) is 0 Å². The number of aromatic nitrogens is 1. The van der Waals surface area contributed by atoms with E-state index in [1.165, 1.54) is 16.5 Å². The van der Waals surface area contributed by atoms with Gasteiger partial charge in [-0.05, 0) is 23.9 Å². The predicted molar refractivity (Wildman–Crippen MR) is 78.1 cm³/mol. The fraction of sp³-hybridized carbons (Fsp3) is 0.176. The maximum atomic E-state index is 9.48. The molecule has 2 nitrogen and oxygen atoms in total. The highest BCUT2D eigenvalue weighted by molar-refractivity contribution is 5.83. The molecule has 0 fully saturated rings. The van der Waals surface area contributed by atoms with Gasteiger partial charge in [-0.15, -0.1) is 0 Å². The van der Waals surface area contributed by atoms with Crippen molar-refractivity contribution in [2.45, 2.75) is 20.1 Å². The fourth-order valence-electron chi connectivity index (χ4n) is 2.61. The second kappa shape index (κ2) is 4.90. The lowest BCUT2D eigenvalue weighted by Gasteiger charge is -2.09. The average Bonchev–Trinajstić information content (AvgIpc) is 2.82. The van der Waals surface area contributed by atoms with Gasteiger partial charge in [0.15, 0.2) is 0 Å². The summed E-state index contributed by atoms with van der Waals surface area (Å²) in [6, 6.07) is 16.7. The van der Waals surface area contributed by atoms with Crippen LogP contribution in [0.2, 0.25) is 0 Å². The molecule has 3 aromatic rings. The summed E-state index contributed by atoms with van der Waals surface area (Å²) in [6.07, 6.45) is 2.09. The lowest BCUT2D eigenvalue weighted by atomic mass is 10.1.